The Morgan fingerprint density at radius 2 is 1.55 bits per heavy atom. The van der Waals surface area contributed by atoms with Gasteiger partial charge in [-0.1, -0.05) is 60.7 Å². The number of esters is 1. The minimum atomic E-state index is -4.95. The quantitative estimate of drug-likeness (QED) is 0.361. The number of carbonyl (C=O) groups is 1. The van der Waals surface area contributed by atoms with Crippen LogP contribution in [0.15, 0.2) is 60.7 Å². The summed E-state index contributed by atoms with van der Waals surface area (Å²) in [5, 5.41) is 0. The van der Waals surface area contributed by atoms with Crippen LogP contribution in [0.5, 0.6) is 0 Å². The lowest BCUT2D eigenvalue weighted by molar-refractivity contribution is -0.179. The molecule has 29 heavy (non-hydrogen) atoms. The molecule has 0 N–H and O–H groups in total. The largest absolute Gasteiger partial charge is 0.726 e. The number of hydrogen-bond donors (Lipinski definition) is 0. The number of carbonyl (C=O) groups excluding carboxylic acids is 1. The van der Waals surface area contributed by atoms with Crippen LogP contribution in [0.2, 0.25) is 0 Å². The minimum Gasteiger partial charge on any atom is -0.726 e. The van der Waals surface area contributed by atoms with Gasteiger partial charge in [0.1, 0.15) is 12.7 Å². The molecule has 0 radical (unpaired) electrons. The minimum absolute atomic E-state index is 0.000638. The average molecular weight is 421 g/mol. The lowest BCUT2D eigenvalue weighted by atomic mass is 10.0. The zero-order chi connectivity index (χ0) is 20.7. The van der Waals surface area contributed by atoms with Crippen LogP contribution >= 0.6 is 0 Å². The third-order valence-electron chi connectivity index (χ3n) is 4.36. The molecule has 0 aromatic heterocycles. The Labute approximate surface area is 169 Å². The molecule has 1 aliphatic rings. The first-order chi connectivity index (χ1) is 13.9. The molecule has 0 spiro atoms. The maximum atomic E-state index is 12.4. The molecule has 0 saturated carbocycles. The van der Waals surface area contributed by atoms with Gasteiger partial charge in [0.05, 0.1) is 19.3 Å². The topological polar surface area (TPSA) is 111 Å². The summed E-state index contributed by atoms with van der Waals surface area (Å²) in [5.41, 5.74) is 1.68. The van der Waals surface area contributed by atoms with Crippen molar-refractivity contribution < 1.29 is 36.2 Å². The van der Waals surface area contributed by atoms with Crippen molar-refractivity contribution in [3.8, 4) is 0 Å². The van der Waals surface area contributed by atoms with Crippen LogP contribution in [0.1, 0.15) is 17.5 Å². The standard InChI is InChI=1S/C20H22O8S/c21-20(27-13-16-9-5-2-6-10-16)18-11-17(19(14-26-18)28-29(22,23)24)25-12-15-7-3-1-4-8-15/h1-10,17-19H,11-14H2,(H,22,23,24)/p-1/t17-,18?,19?/m0/s1. The monoisotopic (exact) mass is 421 g/mol. The van der Waals surface area contributed by atoms with Crippen molar-refractivity contribution in [1.82, 2.24) is 0 Å². The van der Waals surface area contributed by atoms with Gasteiger partial charge in [-0.3, -0.25) is 4.18 Å². The van der Waals surface area contributed by atoms with Crippen molar-refractivity contribution in [2.45, 2.75) is 37.9 Å². The fourth-order valence-corrected chi connectivity index (χ4v) is 3.41. The molecular weight excluding hydrogens is 400 g/mol. The predicted molar refractivity (Wildman–Crippen MR) is 100 cm³/mol. The highest BCUT2D eigenvalue weighted by Crippen LogP contribution is 2.23. The molecule has 0 amide bonds. The predicted octanol–water partition coefficient (Wildman–Crippen LogP) is 1.95. The van der Waals surface area contributed by atoms with Crippen molar-refractivity contribution in [1.29, 1.82) is 0 Å². The lowest BCUT2D eigenvalue weighted by Crippen LogP contribution is -2.48. The number of ether oxygens (including phenoxy) is 3. The molecule has 3 atom stereocenters. The molecule has 2 unspecified atom stereocenters. The van der Waals surface area contributed by atoms with Gasteiger partial charge in [-0.15, -0.1) is 0 Å². The Balaban J connectivity index is 1.61. The number of rotatable bonds is 8. The van der Waals surface area contributed by atoms with E-state index in [0.29, 0.717) is 0 Å². The second kappa shape index (κ2) is 9.95. The highest BCUT2D eigenvalue weighted by Gasteiger charge is 2.38. The molecular formula is C20H21O8S-. The van der Waals surface area contributed by atoms with E-state index in [4.69, 9.17) is 14.2 Å². The molecule has 2 aromatic carbocycles. The van der Waals surface area contributed by atoms with E-state index >= 15 is 0 Å². The summed E-state index contributed by atoms with van der Waals surface area (Å²) in [6.45, 7) is -0.0357. The summed E-state index contributed by atoms with van der Waals surface area (Å²) in [7, 11) is -4.95. The van der Waals surface area contributed by atoms with Crippen LogP contribution in [0.25, 0.3) is 0 Å². The Morgan fingerprint density at radius 3 is 2.14 bits per heavy atom. The molecule has 1 heterocycles. The Kier molecular flexibility index (Phi) is 7.34. The summed E-state index contributed by atoms with van der Waals surface area (Å²) in [5.74, 6) is -0.592. The van der Waals surface area contributed by atoms with Gasteiger partial charge in [0.2, 0.25) is 10.4 Å². The molecule has 156 valence electrons. The third-order valence-corrected chi connectivity index (χ3v) is 4.84. The van der Waals surface area contributed by atoms with Gasteiger partial charge in [0.15, 0.2) is 6.10 Å². The lowest BCUT2D eigenvalue weighted by Gasteiger charge is -2.35. The molecule has 1 saturated heterocycles. The Bertz CT molecular complexity index is 885. The summed E-state index contributed by atoms with van der Waals surface area (Å²) >= 11 is 0. The van der Waals surface area contributed by atoms with Crippen molar-refractivity contribution in [2.75, 3.05) is 6.61 Å². The van der Waals surface area contributed by atoms with E-state index in [1.165, 1.54) is 0 Å². The first kappa shape index (κ1) is 21.4. The van der Waals surface area contributed by atoms with E-state index in [1.807, 2.05) is 60.7 Å². The summed E-state index contributed by atoms with van der Waals surface area (Å²) in [6.07, 6.45) is -2.92. The van der Waals surface area contributed by atoms with Crippen LogP contribution in [0.3, 0.4) is 0 Å². The van der Waals surface area contributed by atoms with Crippen LogP contribution in [0.4, 0.5) is 0 Å². The van der Waals surface area contributed by atoms with E-state index in [2.05, 4.69) is 4.18 Å². The van der Waals surface area contributed by atoms with Gasteiger partial charge < -0.3 is 18.8 Å². The maximum absolute atomic E-state index is 12.4. The fraction of sp³-hybridized carbons (Fsp3) is 0.350. The first-order valence-electron chi connectivity index (χ1n) is 9.02. The van der Waals surface area contributed by atoms with Gasteiger partial charge in [-0.25, -0.2) is 13.2 Å². The Morgan fingerprint density at radius 1 is 0.966 bits per heavy atom. The summed E-state index contributed by atoms with van der Waals surface area (Å²) in [4.78, 5) is 12.4. The third kappa shape index (κ3) is 6.91. The van der Waals surface area contributed by atoms with Gasteiger partial charge in [0.25, 0.3) is 0 Å². The van der Waals surface area contributed by atoms with Gasteiger partial charge in [-0.05, 0) is 11.1 Å². The molecule has 2 aromatic rings. The zero-order valence-electron chi connectivity index (χ0n) is 15.5. The molecule has 8 nitrogen and oxygen atoms in total. The van der Waals surface area contributed by atoms with E-state index in [0.717, 1.165) is 11.1 Å². The second-order valence-corrected chi connectivity index (χ2v) is 7.54. The van der Waals surface area contributed by atoms with Crippen molar-refractivity contribution in [3.63, 3.8) is 0 Å². The normalized spacial score (nSPS) is 22.2. The molecule has 1 aliphatic heterocycles. The summed E-state index contributed by atoms with van der Waals surface area (Å²) in [6, 6.07) is 18.4. The highest BCUT2D eigenvalue weighted by atomic mass is 32.3. The highest BCUT2D eigenvalue weighted by molar-refractivity contribution is 7.80. The molecule has 9 heteroatoms. The number of benzene rings is 2. The van der Waals surface area contributed by atoms with Crippen LogP contribution in [-0.2, 0) is 46.8 Å². The van der Waals surface area contributed by atoms with Gasteiger partial charge >= 0.3 is 5.97 Å². The zero-order valence-corrected chi connectivity index (χ0v) is 16.3. The van der Waals surface area contributed by atoms with E-state index in [9.17, 15) is 17.8 Å². The van der Waals surface area contributed by atoms with Crippen LogP contribution < -0.4 is 0 Å². The SMILES string of the molecule is O=C(OCc1ccccc1)C1C[C@H](OCc2ccccc2)C(OS(=O)(=O)[O-])CO1. The Hall–Kier alpha value is -2.30. The maximum Gasteiger partial charge on any atom is 0.335 e. The van der Waals surface area contributed by atoms with E-state index in [1.54, 1.807) is 0 Å². The summed E-state index contributed by atoms with van der Waals surface area (Å²) < 4.78 is 54.0. The van der Waals surface area contributed by atoms with Crippen molar-refractivity contribution in [2.24, 2.45) is 0 Å². The second-order valence-electron chi connectivity index (χ2n) is 6.53. The molecule has 3 rings (SSSR count). The smallest absolute Gasteiger partial charge is 0.335 e. The van der Waals surface area contributed by atoms with Gasteiger partial charge in [0, 0.05) is 6.42 Å². The molecule has 1 fully saturated rings. The van der Waals surface area contributed by atoms with Gasteiger partial charge in [-0.2, -0.15) is 0 Å². The van der Waals surface area contributed by atoms with E-state index < -0.39 is 34.7 Å². The van der Waals surface area contributed by atoms with Crippen molar-refractivity contribution >= 4 is 16.4 Å². The van der Waals surface area contributed by atoms with Crippen molar-refractivity contribution in [3.05, 3.63) is 71.8 Å². The number of hydrogen-bond acceptors (Lipinski definition) is 8. The fourth-order valence-electron chi connectivity index (χ4n) is 2.93. The van der Waals surface area contributed by atoms with E-state index in [-0.39, 0.29) is 26.2 Å². The molecule has 0 aliphatic carbocycles. The van der Waals surface area contributed by atoms with Crippen LogP contribution in [-0.4, -0.2) is 43.9 Å². The average Bonchev–Trinajstić information content (AvgIpc) is 2.71. The first-order valence-corrected chi connectivity index (χ1v) is 10.4. The molecule has 0 bridgehead atoms. The van der Waals surface area contributed by atoms with Crippen LogP contribution in [0, 0.1) is 0 Å².